The molecule has 0 amide bonds. The van der Waals surface area contributed by atoms with Crippen LogP contribution in [0.4, 0.5) is 0 Å². The number of aliphatic hydroxyl groups is 4. The minimum absolute atomic E-state index is 0.402. The van der Waals surface area contributed by atoms with Gasteiger partial charge in [0, 0.05) is 0 Å². The minimum atomic E-state index is -1.33. The van der Waals surface area contributed by atoms with Gasteiger partial charge >= 0.3 is 0 Å². The first-order valence-corrected chi connectivity index (χ1v) is 8.98. The molecule has 0 saturated carbocycles. The van der Waals surface area contributed by atoms with Crippen LogP contribution < -0.4 is 0 Å². The summed E-state index contributed by atoms with van der Waals surface area (Å²) in [6.45, 7) is 1.79. The van der Waals surface area contributed by atoms with Crippen molar-refractivity contribution < 1.29 is 25.2 Å². The summed E-state index contributed by atoms with van der Waals surface area (Å²) in [5.41, 5.74) is 1.91. The molecule has 5 heteroatoms. The quantitative estimate of drug-likeness (QED) is 0.542. The van der Waals surface area contributed by atoms with Crippen molar-refractivity contribution in [3.8, 4) is 0 Å². The van der Waals surface area contributed by atoms with Gasteiger partial charge in [-0.25, -0.2) is 0 Å². The Morgan fingerprint density at radius 2 is 1.62 bits per heavy atom. The summed E-state index contributed by atoms with van der Waals surface area (Å²) in [4.78, 5) is 0. The van der Waals surface area contributed by atoms with Crippen molar-refractivity contribution in [2.75, 3.05) is 6.61 Å². The zero-order chi connectivity index (χ0) is 17.5. The van der Waals surface area contributed by atoms with Crippen LogP contribution in [0.1, 0.15) is 56.3 Å². The summed E-state index contributed by atoms with van der Waals surface area (Å²) in [7, 11) is 0. The molecule has 4 N–H and O–H groups in total. The van der Waals surface area contributed by atoms with E-state index in [1.165, 1.54) is 19.3 Å². The Hall–Kier alpha value is -0.980. The molecule has 2 rings (SSSR count). The topological polar surface area (TPSA) is 90.2 Å². The van der Waals surface area contributed by atoms with E-state index < -0.39 is 37.1 Å². The van der Waals surface area contributed by atoms with Crippen molar-refractivity contribution in [2.45, 2.75) is 76.0 Å². The van der Waals surface area contributed by atoms with Crippen molar-refractivity contribution in [1.82, 2.24) is 0 Å². The number of aliphatic hydroxyl groups excluding tert-OH is 4. The molecule has 0 spiro atoms. The van der Waals surface area contributed by atoms with E-state index in [-0.39, 0.29) is 0 Å². The van der Waals surface area contributed by atoms with Gasteiger partial charge in [-0.1, -0.05) is 56.9 Å². The third-order valence-corrected chi connectivity index (χ3v) is 4.80. The molecule has 1 aliphatic heterocycles. The summed E-state index contributed by atoms with van der Waals surface area (Å²) in [6.07, 6.45) is 1.30. The summed E-state index contributed by atoms with van der Waals surface area (Å²) < 4.78 is 5.69. The smallest absolute Gasteiger partial charge is 0.113 e. The SMILES string of the molecule is CCCCCCCc1ccccc1C1O[C@H](CO)[C@@H](O)[C@H](O)[C@H]1O. The standard InChI is InChI=1S/C19H30O5/c1-2-3-4-5-6-9-13-10-7-8-11-14(13)19-18(23)17(22)16(21)15(12-20)24-19/h7-8,10-11,15-23H,2-6,9,12H2,1H3/t15-,16-,17+,18-,19?/m1/s1. The van der Waals surface area contributed by atoms with Crippen LogP contribution in [0.25, 0.3) is 0 Å². The third-order valence-electron chi connectivity index (χ3n) is 4.80. The van der Waals surface area contributed by atoms with Gasteiger partial charge in [-0.05, 0) is 24.0 Å². The van der Waals surface area contributed by atoms with Gasteiger partial charge in [0.2, 0.25) is 0 Å². The van der Waals surface area contributed by atoms with Crippen LogP contribution in [0.15, 0.2) is 24.3 Å². The third kappa shape index (κ3) is 4.55. The van der Waals surface area contributed by atoms with E-state index in [1.807, 2.05) is 24.3 Å². The average Bonchev–Trinajstić information content (AvgIpc) is 2.60. The highest BCUT2D eigenvalue weighted by Gasteiger charge is 2.44. The number of hydrogen-bond acceptors (Lipinski definition) is 5. The number of rotatable bonds is 8. The first kappa shape index (κ1) is 19.3. The van der Waals surface area contributed by atoms with Gasteiger partial charge in [0.15, 0.2) is 0 Å². The molecule has 0 aliphatic carbocycles. The van der Waals surface area contributed by atoms with Gasteiger partial charge in [0.1, 0.15) is 30.5 Å². The Morgan fingerprint density at radius 1 is 0.917 bits per heavy atom. The van der Waals surface area contributed by atoms with Crippen LogP contribution >= 0.6 is 0 Å². The second-order valence-corrected chi connectivity index (χ2v) is 6.61. The zero-order valence-corrected chi connectivity index (χ0v) is 14.3. The van der Waals surface area contributed by atoms with E-state index in [0.717, 1.165) is 30.4 Å². The largest absolute Gasteiger partial charge is 0.394 e. The second kappa shape index (κ2) is 9.49. The van der Waals surface area contributed by atoms with Crippen molar-refractivity contribution in [1.29, 1.82) is 0 Å². The van der Waals surface area contributed by atoms with Crippen molar-refractivity contribution in [3.63, 3.8) is 0 Å². The minimum Gasteiger partial charge on any atom is -0.394 e. The molecule has 5 atom stereocenters. The normalized spacial score (nSPS) is 30.5. The summed E-state index contributed by atoms with van der Waals surface area (Å²) in [5, 5.41) is 39.6. The van der Waals surface area contributed by atoms with Crippen LogP contribution in [-0.2, 0) is 11.2 Å². The van der Waals surface area contributed by atoms with Gasteiger partial charge in [0.25, 0.3) is 0 Å². The van der Waals surface area contributed by atoms with E-state index in [0.29, 0.717) is 0 Å². The predicted octanol–water partition coefficient (Wildman–Crippen LogP) is 1.71. The van der Waals surface area contributed by atoms with Crippen molar-refractivity contribution >= 4 is 0 Å². The lowest BCUT2D eigenvalue weighted by atomic mass is 9.88. The van der Waals surface area contributed by atoms with E-state index in [9.17, 15) is 20.4 Å². The number of unbranched alkanes of at least 4 members (excludes halogenated alkanes) is 4. The zero-order valence-electron chi connectivity index (χ0n) is 14.3. The predicted molar refractivity (Wildman–Crippen MR) is 91.6 cm³/mol. The fraction of sp³-hybridized carbons (Fsp3) is 0.684. The molecule has 1 heterocycles. The van der Waals surface area contributed by atoms with Gasteiger partial charge in [-0.15, -0.1) is 0 Å². The highest BCUT2D eigenvalue weighted by molar-refractivity contribution is 5.31. The molecule has 5 nitrogen and oxygen atoms in total. The summed E-state index contributed by atoms with van der Waals surface area (Å²) in [6, 6.07) is 7.72. The maximum Gasteiger partial charge on any atom is 0.113 e. The lowest BCUT2D eigenvalue weighted by Crippen LogP contribution is -2.55. The fourth-order valence-corrected chi connectivity index (χ4v) is 3.32. The Bertz CT molecular complexity index is 490. The lowest BCUT2D eigenvalue weighted by Gasteiger charge is -2.40. The number of aryl methyl sites for hydroxylation is 1. The molecular formula is C19H30O5. The first-order chi connectivity index (χ1) is 11.6. The monoisotopic (exact) mass is 338 g/mol. The molecule has 0 bridgehead atoms. The van der Waals surface area contributed by atoms with Gasteiger partial charge in [-0.2, -0.15) is 0 Å². The Balaban J connectivity index is 2.09. The molecular weight excluding hydrogens is 308 g/mol. The Morgan fingerprint density at radius 3 is 2.33 bits per heavy atom. The van der Waals surface area contributed by atoms with Crippen LogP contribution in [0.3, 0.4) is 0 Å². The van der Waals surface area contributed by atoms with Crippen LogP contribution in [0, 0.1) is 0 Å². The van der Waals surface area contributed by atoms with Crippen molar-refractivity contribution in [3.05, 3.63) is 35.4 Å². The molecule has 24 heavy (non-hydrogen) atoms. The molecule has 1 unspecified atom stereocenters. The maximum atomic E-state index is 10.3. The Labute approximate surface area is 143 Å². The summed E-state index contributed by atoms with van der Waals surface area (Å²) in [5.74, 6) is 0. The van der Waals surface area contributed by atoms with Gasteiger partial charge in [-0.3, -0.25) is 0 Å². The molecule has 136 valence electrons. The van der Waals surface area contributed by atoms with Gasteiger partial charge in [0.05, 0.1) is 6.61 Å². The van der Waals surface area contributed by atoms with E-state index in [4.69, 9.17) is 4.74 Å². The first-order valence-electron chi connectivity index (χ1n) is 8.98. The van der Waals surface area contributed by atoms with Crippen LogP contribution in [-0.4, -0.2) is 51.4 Å². The number of ether oxygens (including phenoxy) is 1. The average molecular weight is 338 g/mol. The van der Waals surface area contributed by atoms with E-state index in [1.54, 1.807) is 0 Å². The second-order valence-electron chi connectivity index (χ2n) is 6.61. The molecule has 1 aromatic carbocycles. The van der Waals surface area contributed by atoms with Crippen molar-refractivity contribution in [2.24, 2.45) is 0 Å². The van der Waals surface area contributed by atoms with Crippen LogP contribution in [0.2, 0.25) is 0 Å². The van der Waals surface area contributed by atoms with Crippen LogP contribution in [0.5, 0.6) is 0 Å². The molecule has 1 aliphatic rings. The summed E-state index contributed by atoms with van der Waals surface area (Å²) >= 11 is 0. The number of benzene rings is 1. The molecule has 1 saturated heterocycles. The highest BCUT2D eigenvalue weighted by atomic mass is 16.5. The molecule has 0 aromatic heterocycles. The van der Waals surface area contributed by atoms with E-state index in [2.05, 4.69) is 6.92 Å². The fourth-order valence-electron chi connectivity index (χ4n) is 3.32. The molecule has 1 aromatic rings. The Kier molecular flexibility index (Phi) is 7.65. The molecule has 0 radical (unpaired) electrons. The maximum absolute atomic E-state index is 10.3. The van der Waals surface area contributed by atoms with E-state index >= 15 is 0 Å². The number of hydrogen-bond donors (Lipinski definition) is 4. The molecule has 1 fully saturated rings. The van der Waals surface area contributed by atoms with Gasteiger partial charge < -0.3 is 25.2 Å². The highest BCUT2D eigenvalue weighted by Crippen LogP contribution is 2.34. The lowest BCUT2D eigenvalue weighted by molar-refractivity contribution is -0.231.